The van der Waals surface area contributed by atoms with Crippen LogP contribution in [0.3, 0.4) is 0 Å². The van der Waals surface area contributed by atoms with Crippen molar-refractivity contribution in [3.63, 3.8) is 0 Å². The lowest BCUT2D eigenvalue weighted by Crippen LogP contribution is -2.49. The standard InChI is InChI=1S/C23H27N3O3S/c1-15-20(30-16(2)24-15)22(28)26(14-18-12-9-13-29-18)19(17-10-7-6-8-11-17)21(27)25-23(3,4)5/h6-13,19H,14H2,1-5H3,(H,25,27). The summed E-state index contributed by atoms with van der Waals surface area (Å²) in [6.07, 6.45) is 1.56. The van der Waals surface area contributed by atoms with E-state index in [-0.39, 0.29) is 18.4 Å². The Kier molecular flexibility index (Phi) is 6.41. The zero-order valence-corrected chi connectivity index (χ0v) is 18.7. The molecule has 1 N–H and O–H groups in total. The molecule has 1 aromatic carbocycles. The summed E-state index contributed by atoms with van der Waals surface area (Å²) in [5.74, 6) is 0.117. The molecule has 3 rings (SSSR count). The number of carbonyl (C=O) groups is 2. The number of aryl methyl sites for hydroxylation is 2. The average molecular weight is 426 g/mol. The van der Waals surface area contributed by atoms with E-state index in [0.717, 1.165) is 10.6 Å². The fourth-order valence-corrected chi connectivity index (χ4v) is 4.13. The van der Waals surface area contributed by atoms with Gasteiger partial charge in [0.1, 0.15) is 16.7 Å². The van der Waals surface area contributed by atoms with Gasteiger partial charge in [-0.3, -0.25) is 9.59 Å². The van der Waals surface area contributed by atoms with Crippen molar-refractivity contribution in [2.24, 2.45) is 0 Å². The number of thiazole rings is 1. The molecule has 0 aliphatic heterocycles. The molecule has 0 spiro atoms. The first-order valence-electron chi connectivity index (χ1n) is 9.80. The molecule has 2 aromatic heterocycles. The SMILES string of the molecule is Cc1nc(C)c(C(=O)N(Cc2ccco2)C(C(=O)NC(C)(C)C)c2ccccc2)s1. The van der Waals surface area contributed by atoms with Crippen LogP contribution in [-0.4, -0.2) is 27.2 Å². The van der Waals surface area contributed by atoms with Crippen LogP contribution in [0.25, 0.3) is 0 Å². The largest absolute Gasteiger partial charge is 0.467 e. The summed E-state index contributed by atoms with van der Waals surface area (Å²) in [6, 6.07) is 12.1. The minimum absolute atomic E-state index is 0.166. The Hall–Kier alpha value is -2.93. The van der Waals surface area contributed by atoms with E-state index in [0.29, 0.717) is 16.3 Å². The lowest BCUT2D eigenvalue weighted by Gasteiger charge is -2.33. The summed E-state index contributed by atoms with van der Waals surface area (Å²) < 4.78 is 5.51. The highest BCUT2D eigenvalue weighted by atomic mass is 32.1. The number of rotatable bonds is 6. The molecule has 7 heteroatoms. The van der Waals surface area contributed by atoms with Crippen molar-refractivity contribution in [2.45, 2.75) is 52.7 Å². The fourth-order valence-electron chi connectivity index (χ4n) is 3.26. The Morgan fingerprint density at radius 3 is 2.37 bits per heavy atom. The highest BCUT2D eigenvalue weighted by Crippen LogP contribution is 2.29. The van der Waals surface area contributed by atoms with Crippen molar-refractivity contribution < 1.29 is 14.0 Å². The second-order valence-electron chi connectivity index (χ2n) is 8.21. The molecule has 0 bridgehead atoms. The highest BCUT2D eigenvalue weighted by Gasteiger charge is 2.35. The van der Waals surface area contributed by atoms with Crippen LogP contribution < -0.4 is 5.32 Å². The second-order valence-corrected chi connectivity index (χ2v) is 9.42. The van der Waals surface area contributed by atoms with Crippen LogP contribution >= 0.6 is 11.3 Å². The van der Waals surface area contributed by atoms with E-state index < -0.39 is 11.6 Å². The fraction of sp³-hybridized carbons (Fsp3) is 0.348. The van der Waals surface area contributed by atoms with Gasteiger partial charge in [0.15, 0.2) is 0 Å². The lowest BCUT2D eigenvalue weighted by molar-refractivity contribution is -0.127. The van der Waals surface area contributed by atoms with Crippen LogP contribution in [0.4, 0.5) is 0 Å². The van der Waals surface area contributed by atoms with Crippen molar-refractivity contribution >= 4 is 23.2 Å². The van der Waals surface area contributed by atoms with E-state index in [1.807, 2.05) is 65.0 Å². The zero-order valence-electron chi connectivity index (χ0n) is 17.9. The van der Waals surface area contributed by atoms with E-state index >= 15 is 0 Å². The number of benzene rings is 1. The van der Waals surface area contributed by atoms with Gasteiger partial charge in [-0.2, -0.15) is 0 Å². The predicted octanol–water partition coefficient (Wildman–Crippen LogP) is 4.65. The number of amides is 2. The van der Waals surface area contributed by atoms with E-state index in [9.17, 15) is 9.59 Å². The molecule has 6 nitrogen and oxygen atoms in total. The summed E-state index contributed by atoms with van der Waals surface area (Å²) in [5, 5.41) is 3.84. The Balaban J connectivity index is 2.09. The molecule has 158 valence electrons. The van der Waals surface area contributed by atoms with Crippen molar-refractivity contribution in [1.82, 2.24) is 15.2 Å². The quantitative estimate of drug-likeness (QED) is 0.624. The van der Waals surface area contributed by atoms with Crippen LogP contribution in [0.5, 0.6) is 0 Å². The van der Waals surface area contributed by atoms with Crippen molar-refractivity contribution in [3.8, 4) is 0 Å². The van der Waals surface area contributed by atoms with Gasteiger partial charge in [0.2, 0.25) is 5.91 Å². The molecule has 30 heavy (non-hydrogen) atoms. The van der Waals surface area contributed by atoms with Crippen LogP contribution in [0.15, 0.2) is 53.1 Å². The minimum Gasteiger partial charge on any atom is -0.467 e. The van der Waals surface area contributed by atoms with Crippen molar-refractivity contribution in [2.75, 3.05) is 0 Å². The molecule has 0 saturated carbocycles. The summed E-state index contributed by atoms with van der Waals surface area (Å²) >= 11 is 1.34. The maximum Gasteiger partial charge on any atom is 0.267 e. The van der Waals surface area contributed by atoms with Gasteiger partial charge in [-0.15, -0.1) is 11.3 Å². The average Bonchev–Trinajstić information content (AvgIpc) is 3.29. The number of furan rings is 1. The van der Waals surface area contributed by atoms with E-state index in [2.05, 4.69) is 10.3 Å². The number of hydrogen-bond donors (Lipinski definition) is 1. The third-order valence-corrected chi connectivity index (χ3v) is 5.50. The van der Waals surface area contributed by atoms with Crippen molar-refractivity contribution in [1.29, 1.82) is 0 Å². The Morgan fingerprint density at radius 2 is 1.83 bits per heavy atom. The monoisotopic (exact) mass is 425 g/mol. The molecule has 0 aliphatic carbocycles. The summed E-state index contributed by atoms with van der Waals surface area (Å²) in [4.78, 5) is 33.6. The van der Waals surface area contributed by atoms with Gasteiger partial charge >= 0.3 is 0 Å². The first-order chi connectivity index (χ1) is 14.2. The number of aromatic nitrogens is 1. The molecule has 0 fully saturated rings. The first kappa shape index (κ1) is 21.8. The second kappa shape index (κ2) is 8.83. The molecule has 1 atom stereocenters. The third-order valence-electron chi connectivity index (χ3n) is 4.44. The Morgan fingerprint density at radius 1 is 1.13 bits per heavy atom. The summed E-state index contributed by atoms with van der Waals surface area (Å²) in [6.45, 7) is 9.60. The molecule has 0 radical (unpaired) electrons. The van der Waals surface area contributed by atoms with E-state index in [4.69, 9.17) is 4.42 Å². The maximum absolute atomic E-state index is 13.7. The molecular weight excluding hydrogens is 398 g/mol. The van der Waals surface area contributed by atoms with Crippen LogP contribution in [0.2, 0.25) is 0 Å². The summed E-state index contributed by atoms with van der Waals surface area (Å²) in [7, 11) is 0. The Labute approximate surface area is 180 Å². The molecule has 2 amide bonds. The highest BCUT2D eigenvalue weighted by molar-refractivity contribution is 7.13. The Bertz CT molecular complexity index is 1000. The maximum atomic E-state index is 13.7. The number of carbonyl (C=O) groups excluding carboxylic acids is 2. The third kappa shape index (κ3) is 5.16. The number of nitrogens with zero attached hydrogens (tertiary/aromatic N) is 2. The van der Waals surface area contributed by atoms with Gasteiger partial charge in [0, 0.05) is 5.54 Å². The van der Waals surface area contributed by atoms with Gasteiger partial charge < -0.3 is 14.6 Å². The van der Waals surface area contributed by atoms with Gasteiger partial charge in [0.05, 0.1) is 23.5 Å². The van der Waals surface area contributed by atoms with Crippen LogP contribution in [0, 0.1) is 13.8 Å². The molecule has 1 unspecified atom stereocenters. The number of nitrogens with one attached hydrogen (secondary N) is 1. The van der Waals surface area contributed by atoms with Gasteiger partial charge in [-0.1, -0.05) is 30.3 Å². The normalized spacial score (nSPS) is 12.4. The molecule has 0 aliphatic rings. The van der Waals surface area contributed by atoms with Gasteiger partial charge in [-0.25, -0.2) is 4.98 Å². The molecule has 2 heterocycles. The topological polar surface area (TPSA) is 75.4 Å². The molecular formula is C23H27N3O3S. The zero-order chi connectivity index (χ0) is 21.9. The van der Waals surface area contributed by atoms with E-state index in [1.54, 1.807) is 23.3 Å². The van der Waals surface area contributed by atoms with Gasteiger partial charge in [-0.05, 0) is 52.3 Å². The van der Waals surface area contributed by atoms with Crippen LogP contribution in [0.1, 0.15) is 58.5 Å². The van der Waals surface area contributed by atoms with Gasteiger partial charge in [0.25, 0.3) is 5.91 Å². The molecule has 3 aromatic rings. The minimum atomic E-state index is -0.815. The number of hydrogen-bond acceptors (Lipinski definition) is 5. The van der Waals surface area contributed by atoms with Crippen molar-refractivity contribution in [3.05, 3.63) is 75.6 Å². The smallest absolute Gasteiger partial charge is 0.267 e. The van der Waals surface area contributed by atoms with E-state index in [1.165, 1.54) is 11.3 Å². The first-order valence-corrected chi connectivity index (χ1v) is 10.6. The molecule has 0 saturated heterocycles. The summed E-state index contributed by atoms with van der Waals surface area (Å²) in [5.41, 5.74) is 0.952. The predicted molar refractivity (Wildman–Crippen MR) is 117 cm³/mol. The lowest BCUT2D eigenvalue weighted by atomic mass is 10.0. The van der Waals surface area contributed by atoms with Crippen LogP contribution in [-0.2, 0) is 11.3 Å².